The highest BCUT2D eigenvalue weighted by Crippen LogP contribution is 2.37. The van der Waals surface area contributed by atoms with Gasteiger partial charge in [-0.3, -0.25) is 0 Å². The molecule has 1 unspecified atom stereocenters. The molecule has 0 bridgehead atoms. The van der Waals surface area contributed by atoms with Gasteiger partial charge in [-0.1, -0.05) is 49.4 Å². The van der Waals surface area contributed by atoms with Crippen molar-refractivity contribution in [3.05, 3.63) is 72.5 Å². The zero-order chi connectivity index (χ0) is 21.4. The third kappa shape index (κ3) is 7.12. The normalized spacial score (nSPS) is 24.1. The average molecular weight is 413 g/mol. The molecule has 1 aromatic rings. The quantitative estimate of drug-likeness (QED) is 0.419. The van der Waals surface area contributed by atoms with Crippen molar-refractivity contribution in [3.63, 3.8) is 0 Å². The van der Waals surface area contributed by atoms with Crippen molar-refractivity contribution in [1.29, 1.82) is 0 Å². The lowest BCUT2D eigenvalue weighted by Crippen LogP contribution is -2.44. The van der Waals surface area contributed by atoms with Crippen molar-refractivity contribution in [1.82, 2.24) is 0 Å². The molecule has 1 N–H and O–H groups in total. The van der Waals surface area contributed by atoms with Crippen LogP contribution in [0.4, 0.5) is 0 Å². The Morgan fingerprint density at radius 3 is 2.60 bits per heavy atom. The summed E-state index contributed by atoms with van der Waals surface area (Å²) in [6, 6.07) is 10.2. The van der Waals surface area contributed by atoms with Crippen molar-refractivity contribution in [3.8, 4) is 0 Å². The Hall–Kier alpha value is -1.88. The van der Waals surface area contributed by atoms with Crippen LogP contribution in [0.1, 0.15) is 45.1 Å². The van der Waals surface area contributed by atoms with E-state index < -0.39 is 0 Å². The second kappa shape index (κ2) is 10.9. The molecule has 30 heavy (non-hydrogen) atoms. The molecule has 0 spiro atoms. The van der Waals surface area contributed by atoms with Crippen LogP contribution < -0.4 is 0 Å². The minimum atomic E-state index is -0.168. The van der Waals surface area contributed by atoms with Crippen LogP contribution in [0.2, 0.25) is 0 Å². The molecule has 164 valence electrons. The first kappa shape index (κ1) is 22.8. The lowest BCUT2D eigenvalue weighted by molar-refractivity contribution is -0.143. The van der Waals surface area contributed by atoms with E-state index in [2.05, 4.69) is 38.6 Å². The molecule has 0 radical (unpaired) electrons. The molecule has 0 amide bonds. The van der Waals surface area contributed by atoms with Crippen LogP contribution in [0.5, 0.6) is 0 Å². The van der Waals surface area contributed by atoms with Gasteiger partial charge in [0.25, 0.3) is 0 Å². The number of hydrogen-bond acceptors (Lipinski definition) is 4. The maximum atomic E-state index is 9.73. The fraction of sp³-hybridized carbons (Fsp3) is 0.538. The molecule has 0 saturated heterocycles. The van der Waals surface area contributed by atoms with Crippen molar-refractivity contribution in [2.75, 3.05) is 13.2 Å². The molecule has 4 heteroatoms. The number of ether oxygens (including phenoxy) is 3. The Kier molecular flexibility index (Phi) is 8.32. The van der Waals surface area contributed by atoms with Gasteiger partial charge in [0.15, 0.2) is 0 Å². The van der Waals surface area contributed by atoms with Crippen LogP contribution in [0.3, 0.4) is 0 Å². The van der Waals surface area contributed by atoms with Crippen LogP contribution in [-0.4, -0.2) is 36.6 Å². The highest BCUT2D eigenvalue weighted by Gasteiger charge is 2.36. The van der Waals surface area contributed by atoms with Gasteiger partial charge in [0.2, 0.25) is 0 Å². The smallest absolute Gasteiger partial charge is 0.111 e. The largest absolute Gasteiger partial charge is 0.508 e. The minimum absolute atomic E-state index is 0.0988. The van der Waals surface area contributed by atoms with Crippen molar-refractivity contribution >= 4 is 0 Å². The Balaban J connectivity index is 1.70. The number of hydrogen-bond donors (Lipinski definition) is 1. The summed E-state index contributed by atoms with van der Waals surface area (Å²) in [6.45, 7) is 9.87. The zero-order valence-corrected chi connectivity index (χ0v) is 18.3. The predicted octanol–water partition coefficient (Wildman–Crippen LogP) is 5.76. The molecule has 4 atom stereocenters. The Bertz CT molecular complexity index is 722. The van der Waals surface area contributed by atoms with E-state index in [9.17, 15) is 5.11 Å². The first-order valence-electron chi connectivity index (χ1n) is 11.1. The molecule has 2 aliphatic carbocycles. The summed E-state index contributed by atoms with van der Waals surface area (Å²) in [7, 11) is 0. The first-order valence-corrected chi connectivity index (χ1v) is 11.1. The van der Waals surface area contributed by atoms with Crippen molar-refractivity contribution in [2.24, 2.45) is 11.3 Å². The lowest BCUT2D eigenvalue weighted by Gasteiger charge is -2.37. The van der Waals surface area contributed by atoms with E-state index in [0.29, 0.717) is 24.9 Å². The monoisotopic (exact) mass is 412 g/mol. The average Bonchev–Trinajstić information content (AvgIpc) is 3.58. The van der Waals surface area contributed by atoms with E-state index in [1.165, 1.54) is 12.8 Å². The zero-order valence-electron chi connectivity index (χ0n) is 18.3. The number of rotatable bonds is 13. The lowest BCUT2D eigenvalue weighted by atomic mass is 9.77. The van der Waals surface area contributed by atoms with E-state index in [0.717, 1.165) is 25.0 Å². The van der Waals surface area contributed by atoms with E-state index >= 15 is 0 Å². The van der Waals surface area contributed by atoms with E-state index in [1.54, 1.807) is 12.2 Å². The summed E-state index contributed by atoms with van der Waals surface area (Å²) in [6.07, 6.45) is 11.2. The number of benzene rings is 1. The molecule has 0 aromatic heterocycles. The third-order valence-corrected chi connectivity index (χ3v) is 5.94. The van der Waals surface area contributed by atoms with Crippen molar-refractivity contribution < 1.29 is 19.3 Å². The molecule has 1 aromatic carbocycles. The van der Waals surface area contributed by atoms with Gasteiger partial charge in [0.1, 0.15) is 11.9 Å². The molecule has 0 aliphatic heterocycles. The SMILES string of the molecule is C=CCO[C@H](CC1(C)C=CC(O)=CC1)[C@@H](OCC1CC1)[C@H](C)OCc1ccccc1. The molecule has 2 aliphatic rings. The topological polar surface area (TPSA) is 47.9 Å². The fourth-order valence-corrected chi connectivity index (χ4v) is 3.81. The molecular formula is C26H36O4. The van der Waals surface area contributed by atoms with Gasteiger partial charge in [-0.25, -0.2) is 0 Å². The molecule has 4 nitrogen and oxygen atoms in total. The summed E-state index contributed by atoms with van der Waals surface area (Å²) in [5.41, 5.74) is 1.05. The summed E-state index contributed by atoms with van der Waals surface area (Å²) in [5.74, 6) is 0.996. The molecule has 1 saturated carbocycles. The number of aliphatic hydroxyl groups is 1. The fourth-order valence-electron chi connectivity index (χ4n) is 3.81. The molecule has 3 rings (SSSR count). The van der Waals surface area contributed by atoms with Gasteiger partial charge in [-0.05, 0) is 61.7 Å². The van der Waals surface area contributed by atoms with E-state index in [-0.39, 0.29) is 23.7 Å². The van der Waals surface area contributed by atoms with Crippen molar-refractivity contribution in [2.45, 2.75) is 64.4 Å². The van der Waals surface area contributed by atoms with Crippen LogP contribution in [-0.2, 0) is 20.8 Å². The van der Waals surface area contributed by atoms with Crippen LogP contribution >= 0.6 is 0 Å². The van der Waals surface area contributed by atoms with Crippen LogP contribution in [0.25, 0.3) is 0 Å². The Labute approximate surface area is 181 Å². The Morgan fingerprint density at radius 2 is 1.97 bits per heavy atom. The van der Waals surface area contributed by atoms with Gasteiger partial charge in [0, 0.05) is 0 Å². The standard InChI is InChI=1S/C26H36O4/c1-4-16-28-24(17-26(3)14-12-23(27)13-15-26)25(30-19-22-10-11-22)20(2)29-18-21-8-6-5-7-9-21/h4-9,12-14,20,22,24-25,27H,1,10-11,15-19H2,2-3H3/t20-,24+,25-,26?/m0/s1. The summed E-state index contributed by atoms with van der Waals surface area (Å²) in [5, 5.41) is 9.73. The number of allylic oxidation sites excluding steroid dienone is 3. The minimum Gasteiger partial charge on any atom is -0.508 e. The highest BCUT2D eigenvalue weighted by molar-refractivity contribution is 5.21. The summed E-state index contributed by atoms with van der Waals surface area (Å²) < 4.78 is 18.9. The second-order valence-electron chi connectivity index (χ2n) is 8.93. The van der Waals surface area contributed by atoms with Gasteiger partial charge < -0.3 is 19.3 Å². The summed E-state index contributed by atoms with van der Waals surface area (Å²) in [4.78, 5) is 0. The molecule has 0 heterocycles. The van der Waals surface area contributed by atoms with E-state index in [4.69, 9.17) is 14.2 Å². The predicted molar refractivity (Wildman–Crippen MR) is 120 cm³/mol. The maximum Gasteiger partial charge on any atom is 0.111 e. The van der Waals surface area contributed by atoms with E-state index in [1.807, 2.05) is 24.3 Å². The second-order valence-corrected chi connectivity index (χ2v) is 8.93. The van der Waals surface area contributed by atoms with Crippen LogP contribution in [0, 0.1) is 11.3 Å². The number of aliphatic hydroxyl groups excluding tert-OH is 1. The molecular weight excluding hydrogens is 376 g/mol. The molecule has 1 fully saturated rings. The Morgan fingerprint density at radius 1 is 1.20 bits per heavy atom. The van der Waals surface area contributed by atoms with Gasteiger partial charge >= 0.3 is 0 Å². The summed E-state index contributed by atoms with van der Waals surface area (Å²) >= 11 is 0. The van der Waals surface area contributed by atoms with Gasteiger partial charge in [0.05, 0.1) is 32.0 Å². The highest BCUT2D eigenvalue weighted by atomic mass is 16.6. The maximum absolute atomic E-state index is 9.73. The van der Waals surface area contributed by atoms with Gasteiger partial charge in [-0.2, -0.15) is 0 Å². The third-order valence-electron chi connectivity index (χ3n) is 5.94. The van der Waals surface area contributed by atoms with Gasteiger partial charge in [-0.15, -0.1) is 6.58 Å². The van der Waals surface area contributed by atoms with Crippen LogP contribution in [0.15, 0.2) is 67.0 Å². The first-order chi connectivity index (χ1) is 14.5.